The van der Waals surface area contributed by atoms with Crippen molar-refractivity contribution < 1.29 is 18.4 Å². The molecule has 1 aliphatic heterocycles. The Morgan fingerprint density at radius 2 is 1.96 bits per heavy atom. The molecule has 4 rings (SSSR count). The maximum atomic E-state index is 13.1. The second kappa shape index (κ2) is 7.98. The number of hydrogen-bond acceptors (Lipinski definition) is 5. The van der Waals surface area contributed by atoms with Gasteiger partial charge in [0.15, 0.2) is 6.61 Å². The van der Waals surface area contributed by atoms with Crippen LogP contribution in [0.5, 0.6) is 5.75 Å². The van der Waals surface area contributed by atoms with E-state index in [4.69, 9.17) is 20.9 Å². The zero-order valence-corrected chi connectivity index (χ0v) is 15.6. The van der Waals surface area contributed by atoms with Crippen LogP contribution in [0, 0.1) is 5.82 Å². The van der Waals surface area contributed by atoms with Crippen LogP contribution < -0.4 is 4.74 Å². The number of halogens is 2. The van der Waals surface area contributed by atoms with Gasteiger partial charge in [0.25, 0.3) is 5.91 Å². The lowest BCUT2D eigenvalue weighted by Gasteiger charge is -2.21. The molecule has 0 aliphatic carbocycles. The van der Waals surface area contributed by atoms with Crippen molar-refractivity contribution >= 4 is 17.5 Å². The number of rotatable bonds is 5. The first-order valence-corrected chi connectivity index (χ1v) is 9.25. The molecule has 0 spiro atoms. The lowest BCUT2D eigenvalue weighted by molar-refractivity contribution is -0.134. The fraction of sp³-hybridized carbons (Fsp3) is 0.250. The van der Waals surface area contributed by atoms with Gasteiger partial charge in [0.05, 0.1) is 0 Å². The Bertz CT molecular complexity index is 960. The molecule has 144 valence electrons. The molecule has 0 radical (unpaired) electrons. The fourth-order valence-corrected chi connectivity index (χ4v) is 3.29. The molecule has 1 aromatic heterocycles. The topological polar surface area (TPSA) is 68.5 Å². The SMILES string of the molecule is O=C(COc1ccc(Cl)cc1)N1CCCC1c1nc(-c2ccc(F)cc2)no1. The van der Waals surface area contributed by atoms with Crippen LogP contribution in [0.25, 0.3) is 11.4 Å². The zero-order valence-electron chi connectivity index (χ0n) is 14.8. The first kappa shape index (κ1) is 18.4. The van der Waals surface area contributed by atoms with Gasteiger partial charge in [-0.05, 0) is 61.4 Å². The van der Waals surface area contributed by atoms with Crippen molar-refractivity contribution in [2.45, 2.75) is 18.9 Å². The summed E-state index contributed by atoms with van der Waals surface area (Å²) in [6, 6.07) is 12.4. The molecule has 1 aliphatic rings. The van der Waals surface area contributed by atoms with E-state index in [1.165, 1.54) is 12.1 Å². The molecule has 1 saturated heterocycles. The molecule has 1 fully saturated rings. The molecule has 3 aromatic rings. The van der Waals surface area contributed by atoms with Crippen LogP contribution in [-0.4, -0.2) is 34.1 Å². The van der Waals surface area contributed by atoms with Gasteiger partial charge in [-0.3, -0.25) is 4.79 Å². The van der Waals surface area contributed by atoms with Crippen molar-refractivity contribution in [1.29, 1.82) is 0 Å². The molecule has 8 heteroatoms. The Morgan fingerprint density at radius 1 is 1.21 bits per heavy atom. The summed E-state index contributed by atoms with van der Waals surface area (Å²) in [4.78, 5) is 18.7. The fourth-order valence-electron chi connectivity index (χ4n) is 3.17. The van der Waals surface area contributed by atoms with Gasteiger partial charge in [-0.2, -0.15) is 4.98 Å². The molecule has 6 nitrogen and oxygen atoms in total. The second-order valence-electron chi connectivity index (χ2n) is 6.45. The van der Waals surface area contributed by atoms with Crippen LogP contribution in [0.3, 0.4) is 0 Å². The van der Waals surface area contributed by atoms with E-state index in [1.807, 2.05) is 0 Å². The Balaban J connectivity index is 1.43. The molecule has 1 atom stereocenters. The zero-order chi connectivity index (χ0) is 19.5. The summed E-state index contributed by atoms with van der Waals surface area (Å²) in [7, 11) is 0. The maximum Gasteiger partial charge on any atom is 0.261 e. The highest BCUT2D eigenvalue weighted by Gasteiger charge is 2.34. The molecule has 28 heavy (non-hydrogen) atoms. The number of nitrogens with zero attached hydrogens (tertiary/aromatic N) is 3. The highest BCUT2D eigenvalue weighted by atomic mass is 35.5. The first-order valence-electron chi connectivity index (χ1n) is 8.87. The predicted octanol–water partition coefficient (Wildman–Crippen LogP) is 4.27. The van der Waals surface area contributed by atoms with Gasteiger partial charge in [-0.25, -0.2) is 4.39 Å². The third-order valence-electron chi connectivity index (χ3n) is 4.58. The lowest BCUT2D eigenvalue weighted by atomic mass is 10.2. The van der Waals surface area contributed by atoms with Crippen LogP contribution in [0.1, 0.15) is 24.8 Å². The van der Waals surface area contributed by atoms with E-state index >= 15 is 0 Å². The number of ether oxygens (including phenoxy) is 1. The Morgan fingerprint density at radius 3 is 2.71 bits per heavy atom. The average Bonchev–Trinajstić information content (AvgIpc) is 3.37. The summed E-state index contributed by atoms with van der Waals surface area (Å²) >= 11 is 5.85. The predicted molar refractivity (Wildman–Crippen MR) is 100 cm³/mol. The van der Waals surface area contributed by atoms with Crippen LogP contribution in [0.15, 0.2) is 53.1 Å². The van der Waals surface area contributed by atoms with E-state index in [9.17, 15) is 9.18 Å². The van der Waals surface area contributed by atoms with E-state index < -0.39 is 0 Å². The largest absolute Gasteiger partial charge is 0.484 e. The summed E-state index contributed by atoms with van der Waals surface area (Å²) in [5.41, 5.74) is 0.651. The molecule has 0 saturated carbocycles. The summed E-state index contributed by atoms with van der Waals surface area (Å²) in [6.45, 7) is 0.513. The van der Waals surface area contributed by atoms with Gasteiger partial charge in [-0.1, -0.05) is 16.8 Å². The Labute approximate surface area is 165 Å². The summed E-state index contributed by atoms with van der Waals surface area (Å²) in [5, 5.41) is 4.57. The Hall–Kier alpha value is -2.93. The Kier molecular flexibility index (Phi) is 5.25. The van der Waals surface area contributed by atoms with E-state index in [0.29, 0.717) is 34.6 Å². The average molecular weight is 402 g/mol. The first-order chi connectivity index (χ1) is 13.6. The summed E-state index contributed by atoms with van der Waals surface area (Å²) in [6.07, 6.45) is 1.57. The van der Waals surface area contributed by atoms with Crippen molar-refractivity contribution in [3.05, 3.63) is 65.3 Å². The molecule has 1 amide bonds. The van der Waals surface area contributed by atoms with E-state index in [0.717, 1.165) is 12.8 Å². The number of aromatic nitrogens is 2. The van der Waals surface area contributed by atoms with E-state index in [2.05, 4.69) is 10.1 Å². The van der Waals surface area contributed by atoms with Crippen molar-refractivity contribution in [3.8, 4) is 17.1 Å². The molecular weight excluding hydrogens is 385 g/mol. The molecule has 0 N–H and O–H groups in total. The standard InChI is InChI=1S/C20H17ClFN3O3/c21-14-5-9-16(10-6-14)27-12-18(26)25-11-1-2-17(25)20-23-19(24-28-20)13-3-7-15(22)8-4-13/h3-10,17H,1-2,11-12H2. The van der Waals surface area contributed by atoms with Gasteiger partial charge in [-0.15, -0.1) is 0 Å². The minimum atomic E-state index is -0.333. The lowest BCUT2D eigenvalue weighted by Crippen LogP contribution is -2.34. The van der Waals surface area contributed by atoms with Gasteiger partial charge in [0, 0.05) is 17.1 Å². The van der Waals surface area contributed by atoms with Gasteiger partial charge >= 0.3 is 0 Å². The van der Waals surface area contributed by atoms with E-state index in [-0.39, 0.29) is 24.4 Å². The van der Waals surface area contributed by atoms with Crippen molar-refractivity contribution in [1.82, 2.24) is 15.0 Å². The van der Waals surface area contributed by atoms with Crippen LogP contribution >= 0.6 is 11.6 Å². The summed E-state index contributed by atoms with van der Waals surface area (Å²) in [5.74, 6) is 0.827. The quantitative estimate of drug-likeness (QED) is 0.638. The monoisotopic (exact) mass is 401 g/mol. The minimum Gasteiger partial charge on any atom is -0.484 e. The molecule has 2 aromatic carbocycles. The number of benzene rings is 2. The van der Waals surface area contributed by atoms with Crippen molar-refractivity contribution in [3.63, 3.8) is 0 Å². The number of carbonyl (C=O) groups is 1. The molecule has 0 bridgehead atoms. The maximum absolute atomic E-state index is 13.1. The smallest absolute Gasteiger partial charge is 0.261 e. The van der Waals surface area contributed by atoms with Gasteiger partial charge in [0.2, 0.25) is 11.7 Å². The van der Waals surface area contributed by atoms with Crippen LogP contribution in [-0.2, 0) is 4.79 Å². The summed E-state index contributed by atoms with van der Waals surface area (Å²) < 4.78 is 24.0. The van der Waals surface area contributed by atoms with Gasteiger partial charge < -0.3 is 14.2 Å². The second-order valence-corrected chi connectivity index (χ2v) is 6.89. The highest BCUT2D eigenvalue weighted by Crippen LogP contribution is 2.32. The molecule has 1 unspecified atom stereocenters. The number of amides is 1. The molecule has 2 heterocycles. The van der Waals surface area contributed by atoms with Crippen molar-refractivity contribution in [2.75, 3.05) is 13.2 Å². The number of likely N-dealkylation sites (tertiary alicyclic amines) is 1. The third kappa shape index (κ3) is 3.99. The van der Waals surface area contributed by atoms with Gasteiger partial charge in [0.1, 0.15) is 17.6 Å². The normalized spacial score (nSPS) is 16.4. The number of hydrogen-bond donors (Lipinski definition) is 0. The molecular formula is C20H17ClFN3O3. The minimum absolute atomic E-state index is 0.0862. The third-order valence-corrected chi connectivity index (χ3v) is 4.83. The highest BCUT2D eigenvalue weighted by molar-refractivity contribution is 6.30. The van der Waals surface area contributed by atoms with Crippen molar-refractivity contribution in [2.24, 2.45) is 0 Å². The van der Waals surface area contributed by atoms with Crippen LogP contribution in [0.4, 0.5) is 4.39 Å². The number of carbonyl (C=O) groups excluding carboxylic acids is 1. The van der Waals surface area contributed by atoms with Crippen LogP contribution in [0.2, 0.25) is 5.02 Å². The van der Waals surface area contributed by atoms with E-state index in [1.54, 1.807) is 41.3 Å².